The minimum Gasteiger partial charge on any atom is -0.380 e. The number of ether oxygens (including phenoxy) is 1. The average Bonchev–Trinajstić information content (AvgIpc) is 2.45. The smallest absolute Gasteiger partial charge is 0.270 e. The molecule has 1 fully saturated rings. The quantitative estimate of drug-likeness (QED) is 0.619. The molecule has 0 bridgehead atoms. The van der Waals surface area contributed by atoms with Crippen molar-refractivity contribution in [2.75, 3.05) is 31.4 Å². The molecule has 1 aromatic carbocycles. The van der Waals surface area contributed by atoms with Gasteiger partial charge in [-0.1, -0.05) is 0 Å². The molecule has 1 aromatic rings. The number of nitrogens with zero attached hydrogens (tertiary/aromatic N) is 2. The van der Waals surface area contributed by atoms with Crippen molar-refractivity contribution < 1.29 is 18.1 Å². The van der Waals surface area contributed by atoms with Crippen LogP contribution in [0, 0.1) is 10.1 Å². The van der Waals surface area contributed by atoms with E-state index in [1.807, 2.05) is 4.90 Å². The van der Waals surface area contributed by atoms with E-state index in [1.165, 1.54) is 12.1 Å². The van der Waals surface area contributed by atoms with Crippen LogP contribution in [0.25, 0.3) is 0 Å². The van der Waals surface area contributed by atoms with Gasteiger partial charge in [0.15, 0.2) is 9.84 Å². The van der Waals surface area contributed by atoms with Gasteiger partial charge in [0.1, 0.15) is 0 Å². The number of hydrogen-bond donors (Lipinski definition) is 0. The first kappa shape index (κ1) is 15.7. The average molecular weight is 314 g/mol. The van der Waals surface area contributed by atoms with Crippen molar-refractivity contribution in [1.82, 2.24) is 0 Å². The second kappa shape index (κ2) is 5.98. The highest BCUT2D eigenvalue weighted by molar-refractivity contribution is 7.90. The molecule has 1 unspecified atom stereocenters. The fraction of sp³-hybridized carbons (Fsp3) is 0.538. The number of anilines is 1. The molecule has 1 heterocycles. The summed E-state index contributed by atoms with van der Waals surface area (Å²) in [5.74, 6) is 0. The molecule has 7 nitrogen and oxygen atoms in total. The predicted molar refractivity (Wildman–Crippen MR) is 78.5 cm³/mol. The summed E-state index contributed by atoms with van der Waals surface area (Å²) in [7, 11) is -1.92. The van der Waals surface area contributed by atoms with Crippen LogP contribution in [-0.4, -0.2) is 45.9 Å². The molecular formula is C13H18N2O5S. The first-order chi connectivity index (χ1) is 9.82. The van der Waals surface area contributed by atoms with Crippen LogP contribution in [0.15, 0.2) is 23.1 Å². The van der Waals surface area contributed by atoms with Gasteiger partial charge in [-0.15, -0.1) is 0 Å². The SMILES string of the molecule is COC1CCCN(c2ccc([N+](=O)[O-])cc2S(C)(=O)=O)C1. The highest BCUT2D eigenvalue weighted by Crippen LogP contribution is 2.31. The standard InChI is InChI=1S/C13H18N2O5S/c1-20-11-4-3-7-14(9-11)12-6-5-10(15(16)17)8-13(12)21(2,18)19/h5-6,8,11H,3-4,7,9H2,1-2H3. The molecule has 1 saturated heterocycles. The molecule has 21 heavy (non-hydrogen) atoms. The molecule has 0 spiro atoms. The molecule has 0 radical (unpaired) electrons. The Labute approximate surface area is 123 Å². The Morgan fingerprint density at radius 1 is 1.43 bits per heavy atom. The first-order valence-corrected chi connectivity index (χ1v) is 8.48. The van der Waals surface area contributed by atoms with Crippen molar-refractivity contribution in [3.63, 3.8) is 0 Å². The Kier molecular flexibility index (Phi) is 4.48. The van der Waals surface area contributed by atoms with E-state index >= 15 is 0 Å². The van der Waals surface area contributed by atoms with E-state index in [0.717, 1.165) is 25.2 Å². The number of benzene rings is 1. The summed E-state index contributed by atoms with van der Waals surface area (Å²) in [5.41, 5.74) is 0.282. The van der Waals surface area contributed by atoms with E-state index in [4.69, 9.17) is 4.74 Å². The maximum Gasteiger partial charge on any atom is 0.270 e. The highest BCUT2D eigenvalue weighted by Gasteiger charge is 2.26. The summed E-state index contributed by atoms with van der Waals surface area (Å²) in [5, 5.41) is 10.8. The lowest BCUT2D eigenvalue weighted by molar-refractivity contribution is -0.385. The lowest BCUT2D eigenvalue weighted by Crippen LogP contribution is -2.39. The number of piperidine rings is 1. The third kappa shape index (κ3) is 3.51. The molecule has 0 saturated carbocycles. The Bertz CT molecular complexity index is 644. The van der Waals surface area contributed by atoms with Crippen LogP contribution in [0.1, 0.15) is 12.8 Å². The van der Waals surface area contributed by atoms with Gasteiger partial charge in [-0.05, 0) is 18.9 Å². The maximum absolute atomic E-state index is 11.9. The van der Waals surface area contributed by atoms with Gasteiger partial charge >= 0.3 is 0 Å². The third-order valence-corrected chi connectivity index (χ3v) is 4.73. The van der Waals surface area contributed by atoms with E-state index < -0.39 is 14.8 Å². The van der Waals surface area contributed by atoms with Gasteiger partial charge in [-0.2, -0.15) is 0 Å². The van der Waals surface area contributed by atoms with Crippen molar-refractivity contribution >= 4 is 21.2 Å². The Balaban J connectivity index is 2.45. The van der Waals surface area contributed by atoms with Gasteiger partial charge in [0.25, 0.3) is 5.69 Å². The molecule has 0 aromatic heterocycles. The molecule has 116 valence electrons. The minimum atomic E-state index is -3.55. The molecule has 1 aliphatic rings. The molecule has 0 amide bonds. The van der Waals surface area contributed by atoms with Gasteiger partial charge in [0.05, 0.1) is 21.6 Å². The second-order valence-corrected chi connectivity index (χ2v) is 7.11. The van der Waals surface area contributed by atoms with Crippen LogP contribution >= 0.6 is 0 Å². The zero-order valence-electron chi connectivity index (χ0n) is 12.0. The van der Waals surface area contributed by atoms with Crippen LogP contribution in [0.2, 0.25) is 0 Å². The topological polar surface area (TPSA) is 89.8 Å². The number of hydrogen-bond acceptors (Lipinski definition) is 6. The number of rotatable bonds is 4. The zero-order valence-corrected chi connectivity index (χ0v) is 12.8. The van der Waals surface area contributed by atoms with E-state index in [2.05, 4.69) is 0 Å². The highest BCUT2D eigenvalue weighted by atomic mass is 32.2. The second-order valence-electron chi connectivity index (χ2n) is 5.13. The van der Waals surface area contributed by atoms with Crippen molar-refractivity contribution in [2.24, 2.45) is 0 Å². The third-order valence-electron chi connectivity index (χ3n) is 3.61. The number of sulfone groups is 1. The van der Waals surface area contributed by atoms with Crippen molar-refractivity contribution in [3.8, 4) is 0 Å². The predicted octanol–water partition coefficient (Wildman–Crippen LogP) is 1.61. The number of non-ortho nitro benzene ring substituents is 1. The van der Waals surface area contributed by atoms with Gasteiger partial charge in [0, 0.05) is 38.6 Å². The summed E-state index contributed by atoms with van der Waals surface area (Å²) < 4.78 is 29.2. The molecule has 8 heteroatoms. The molecule has 1 atom stereocenters. The normalized spacial score (nSPS) is 19.5. The molecule has 1 aliphatic heterocycles. The molecule has 0 aliphatic carbocycles. The number of nitro benzene ring substituents is 1. The Morgan fingerprint density at radius 3 is 2.71 bits per heavy atom. The van der Waals surface area contributed by atoms with Crippen molar-refractivity contribution in [3.05, 3.63) is 28.3 Å². The van der Waals surface area contributed by atoms with Crippen LogP contribution < -0.4 is 4.90 Å². The summed E-state index contributed by atoms with van der Waals surface area (Å²) in [6.07, 6.45) is 2.92. The summed E-state index contributed by atoms with van der Waals surface area (Å²) in [6.45, 7) is 1.29. The first-order valence-electron chi connectivity index (χ1n) is 6.59. The van der Waals surface area contributed by atoms with Gasteiger partial charge in [-0.3, -0.25) is 10.1 Å². The van der Waals surface area contributed by atoms with Gasteiger partial charge in [0.2, 0.25) is 0 Å². The van der Waals surface area contributed by atoms with Crippen LogP contribution in [0.5, 0.6) is 0 Å². The van der Waals surface area contributed by atoms with E-state index in [9.17, 15) is 18.5 Å². The Morgan fingerprint density at radius 2 is 2.14 bits per heavy atom. The largest absolute Gasteiger partial charge is 0.380 e. The maximum atomic E-state index is 11.9. The fourth-order valence-electron chi connectivity index (χ4n) is 2.52. The molecular weight excluding hydrogens is 296 g/mol. The van der Waals surface area contributed by atoms with Crippen LogP contribution in [-0.2, 0) is 14.6 Å². The summed E-state index contributed by atoms with van der Waals surface area (Å²) in [6, 6.07) is 3.97. The Hall–Kier alpha value is -1.67. The lowest BCUT2D eigenvalue weighted by atomic mass is 10.1. The zero-order chi connectivity index (χ0) is 15.6. The van der Waals surface area contributed by atoms with Gasteiger partial charge < -0.3 is 9.64 Å². The monoisotopic (exact) mass is 314 g/mol. The fourth-order valence-corrected chi connectivity index (χ4v) is 3.44. The van der Waals surface area contributed by atoms with Crippen LogP contribution in [0.4, 0.5) is 11.4 Å². The van der Waals surface area contributed by atoms with Crippen LogP contribution in [0.3, 0.4) is 0 Å². The van der Waals surface area contributed by atoms with Gasteiger partial charge in [-0.25, -0.2) is 8.42 Å². The van der Waals surface area contributed by atoms with E-state index in [-0.39, 0.29) is 16.7 Å². The lowest BCUT2D eigenvalue weighted by Gasteiger charge is -2.34. The molecule has 2 rings (SSSR count). The summed E-state index contributed by atoms with van der Waals surface area (Å²) in [4.78, 5) is 12.2. The van der Waals surface area contributed by atoms with E-state index in [1.54, 1.807) is 7.11 Å². The number of nitro groups is 1. The number of methoxy groups -OCH3 is 1. The van der Waals surface area contributed by atoms with Crippen molar-refractivity contribution in [1.29, 1.82) is 0 Å². The van der Waals surface area contributed by atoms with E-state index in [0.29, 0.717) is 18.8 Å². The molecule has 0 N–H and O–H groups in total. The summed E-state index contributed by atoms with van der Waals surface area (Å²) >= 11 is 0. The minimum absolute atomic E-state index is 0.00606. The van der Waals surface area contributed by atoms with Crippen molar-refractivity contribution in [2.45, 2.75) is 23.8 Å².